The molecule has 0 amide bonds. The predicted molar refractivity (Wildman–Crippen MR) is 55.9 cm³/mol. The normalized spacial score (nSPS) is 10.2. The summed E-state index contributed by atoms with van der Waals surface area (Å²) in [6, 6.07) is 6.04. The Balaban J connectivity index is 3.14. The maximum Gasteiger partial charge on any atom is 0.122 e. The molecule has 0 saturated heterocycles. The topological polar surface area (TPSA) is 9.23 Å². The Hall–Kier alpha value is -1.24. The molecule has 0 unspecified atom stereocenters. The highest BCUT2D eigenvalue weighted by molar-refractivity contribution is 5.47. The Bertz CT molecular complexity index is 302. The molecule has 13 heavy (non-hydrogen) atoms. The van der Waals surface area contributed by atoms with Crippen molar-refractivity contribution >= 4 is 0 Å². The van der Waals surface area contributed by atoms with Crippen LogP contribution in [0.1, 0.15) is 18.1 Å². The third-order valence-corrected chi connectivity index (χ3v) is 2.24. The summed E-state index contributed by atoms with van der Waals surface area (Å²) in [5.74, 6) is 2.11. The van der Waals surface area contributed by atoms with Crippen LogP contribution < -0.4 is 4.74 Å². The number of hydrogen-bond acceptors (Lipinski definition) is 1. The summed E-state index contributed by atoms with van der Waals surface area (Å²) in [4.78, 5) is 0. The summed E-state index contributed by atoms with van der Waals surface area (Å²) in [5.41, 5.74) is 2.37. The lowest BCUT2D eigenvalue weighted by Crippen LogP contribution is -1.96. The third kappa shape index (κ3) is 1.92. The second-order valence-corrected chi connectivity index (χ2v) is 3.02. The van der Waals surface area contributed by atoms with Crippen LogP contribution in [0.15, 0.2) is 30.9 Å². The fraction of sp³-hybridized carbons (Fsp3) is 0.250. The van der Waals surface area contributed by atoms with Gasteiger partial charge in [-0.25, -0.2) is 0 Å². The first-order chi connectivity index (χ1) is 6.20. The number of rotatable bonds is 3. The van der Waals surface area contributed by atoms with Crippen LogP contribution in [0, 0.1) is 12.8 Å². The van der Waals surface area contributed by atoms with Crippen LogP contribution >= 0.6 is 0 Å². The highest BCUT2D eigenvalue weighted by atomic mass is 16.5. The molecule has 1 heteroatoms. The predicted octanol–water partition coefficient (Wildman–Crippen LogP) is 3.13. The van der Waals surface area contributed by atoms with Gasteiger partial charge in [-0.05, 0) is 24.1 Å². The van der Waals surface area contributed by atoms with Crippen LogP contribution in [0.3, 0.4) is 0 Å². The smallest absolute Gasteiger partial charge is 0.122 e. The van der Waals surface area contributed by atoms with E-state index in [0.29, 0.717) is 0 Å². The van der Waals surface area contributed by atoms with E-state index in [2.05, 4.69) is 26.5 Å². The van der Waals surface area contributed by atoms with Gasteiger partial charge in [0.05, 0.1) is 7.11 Å². The van der Waals surface area contributed by atoms with Gasteiger partial charge in [-0.1, -0.05) is 25.1 Å². The van der Waals surface area contributed by atoms with E-state index >= 15 is 0 Å². The fourth-order valence-corrected chi connectivity index (χ4v) is 1.37. The summed E-state index contributed by atoms with van der Waals surface area (Å²) in [6.07, 6.45) is 1.86. The molecule has 0 bridgehead atoms. The largest absolute Gasteiger partial charge is 0.496 e. The molecule has 0 heterocycles. The molecule has 1 rings (SSSR count). The third-order valence-electron chi connectivity index (χ3n) is 2.24. The van der Waals surface area contributed by atoms with Gasteiger partial charge in [-0.15, -0.1) is 6.58 Å². The zero-order valence-electron chi connectivity index (χ0n) is 8.42. The first-order valence-corrected chi connectivity index (χ1v) is 4.30. The maximum absolute atomic E-state index is 5.23. The number of ether oxygens (including phenoxy) is 1. The highest BCUT2D eigenvalue weighted by Crippen LogP contribution is 2.26. The van der Waals surface area contributed by atoms with Gasteiger partial charge in [-0.2, -0.15) is 0 Å². The van der Waals surface area contributed by atoms with Gasteiger partial charge in [0.15, 0.2) is 0 Å². The monoisotopic (exact) mass is 175 g/mol. The molecule has 0 aliphatic rings. The summed E-state index contributed by atoms with van der Waals surface area (Å²) >= 11 is 0. The molecule has 1 aromatic rings. The van der Waals surface area contributed by atoms with Crippen molar-refractivity contribution in [2.75, 3.05) is 7.11 Å². The fourth-order valence-electron chi connectivity index (χ4n) is 1.37. The van der Waals surface area contributed by atoms with E-state index in [-0.39, 0.29) is 0 Å². The van der Waals surface area contributed by atoms with Crippen molar-refractivity contribution in [3.63, 3.8) is 0 Å². The van der Waals surface area contributed by atoms with E-state index in [1.807, 2.05) is 18.2 Å². The molecule has 0 aromatic heterocycles. The standard InChI is InChI=1S/C12H15O/c1-5-9(2)11-7-6-8-12(13-4)10(11)3/h5-8H,1H2,2-4H3. The lowest BCUT2D eigenvalue weighted by atomic mass is 9.96. The van der Waals surface area contributed by atoms with Crippen LogP contribution in [-0.4, -0.2) is 7.11 Å². The van der Waals surface area contributed by atoms with Crippen LogP contribution in [0.25, 0.3) is 0 Å². The van der Waals surface area contributed by atoms with Crippen molar-refractivity contribution in [2.45, 2.75) is 13.8 Å². The molecular weight excluding hydrogens is 160 g/mol. The summed E-state index contributed by atoms with van der Waals surface area (Å²) in [5, 5.41) is 0. The number of methoxy groups -OCH3 is 1. The zero-order valence-corrected chi connectivity index (χ0v) is 8.42. The Kier molecular flexibility index (Phi) is 3.13. The van der Waals surface area contributed by atoms with Gasteiger partial charge in [0.1, 0.15) is 5.75 Å². The molecular formula is C12H15O. The van der Waals surface area contributed by atoms with Crippen LogP contribution in [-0.2, 0) is 0 Å². The summed E-state index contributed by atoms with van der Waals surface area (Å²) < 4.78 is 5.23. The Labute approximate surface area is 80.0 Å². The molecule has 1 nitrogen and oxygen atoms in total. The maximum atomic E-state index is 5.23. The molecule has 0 aliphatic carbocycles. The van der Waals surface area contributed by atoms with Gasteiger partial charge >= 0.3 is 0 Å². The van der Waals surface area contributed by atoms with Gasteiger partial charge in [0.2, 0.25) is 0 Å². The van der Waals surface area contributed by atoms with Gasteiger partial charge in [-0.3, -0.25) is 0 Å². The molecule has 0 N–H and O–H groups in total. The molecule has 1 radical (unpaired) electrons. The quantitative estimate of drug-likeness (QED) is 0.685. The van der Waals surface area contributed by atoms with Crippen LogP contribution in [0.5, 0.6) is 5.75 Å². The Morgan fingerprint density at radius 2 is 2.15 bits per heavy atom. The average Bonchev–Trinajstić information content (AvgIpc) is 2.17. The second kappa shape index (κ2) is 4.13. The van der Waals surface area contributed by atoms with Crippen molar-refractivity contribution < 1.29 is 4.74 Å². The lowest BCUT2D eigenvalue weighted by molar-refractivity contribution is 0.411. The van der Waals surface area contributed by atoms with E-state index in [1.54, 1.807) is 7.11 Å². The van der Waals surface area contributed by atoms with E-state index < -0.39 is 0 Å². The summed E-state index contributed by atoms with van der Waals surface area (Å²) in [7, 11) is 1.69. The number of benzene rings is 1. The minimum absolute atomic E-state index is 0.929. The van der Waals surface area contributed by atoms with E-state index in [9.17, 15) is 0 Å². The van der Waals surface area contributed by atoms with E-state index in [4.69, 9.17) is 4.74 Å². The Morgan fingerprint density at radius 1 is 1.46 bits per heavy atom. The molecule has 69 valence electrons. The first kappa shape index (κ1) is 9.85. The SMILES string of the molecule is C=C[C](C)c1cccc(OC)c1C. The van der Waals surface area contributed by atoms with E-state index in [0.717, 1.165) is 5.75 Å². The average molecular weight is 175 g/mol. The minimum Gasteiger partial charge on any atom is -0.496 e. The number of allylic oxidation sites excluding steroid dienone is 1. The molecule has 0 atom stereocenters. The van der Waals surface area contributed by atoms with Gasteiger partial charge in [0.25, 0.3) is 0 Å². The Morgan fingerprint density at radius 3 is 2.69 bits per heavy atom. The summed E-state index contributed by atoms with van der Waals surface area (Å²) in [6.45, 7) is 7.86. The van der Waals surface area contributed by atoms with Crippen molar-refractivity contribution in [3.8, 4) is 5.75 Å². The van der Waals surface area contributed by atoms with Gasteiger partial charge in [0, 0.05) is 5.92 Å². The van der Waals surface area contributed by atoms with Crippen molar-refractivity contribution in [1.29, 1.82) is 0 Å². The van der Waals surface area contributed by atoms with E-state index in [1.165, 1.54) is 17.0 Å². The lowest BCUT2D eigenvalue weighted by Gasteiger charge is -2.12. The van der Waals surface area contributed by atoms with Crippen LogP contribution in [0.4, 0.5) is 0 Å². The zero-order chi connectivity index (χ0) is 9.84. The molecule has 0 spiro atoms. The molecule has 0 aliphatic heterocycles. The van der Waals surface area contributed by atoms with Crippen LogP contribution in [0.2, 0.25) is 0 Å². The number of hydrogen-bond donors (Lipinski definition) is 0. The second-order valence-electron chi connectivity index (χ2n) is 3.02. The molecule has 0 fully saturated rings. The van der Waals surface area contributed by atoms with Crippen molar-refractivity contribution in [1.82, 2.24) is 0 Å². The minimum atomic E-state index is 0.929. The van der Waals surface area contributed by atoms with Gasteiger partial charge < -0.3 is 4.74 Å². The first-order valence-electron chi connectivity index (χ1n) is 4.30. The van der Waals surface area contributed by atoms with Crippen molar-refractivity contribution in [2.24, 2.45) is 0 Å². The highest BCUT2D eigenvalue weighted by Gasteiger charge is 2.08. The molecule has 0 saturated carbocycles. The van der Waals surface area contributed by atoms with Crippen molar-refractivity contribution in [3.05, 3.63) is 47.9 Å². The molecule has 1 aromatic carbocycles.